The van der Waals surface area contributed by atoms with Gasteiger partial charge in [-0.25, -0.2) is 0 Å². The molecule has 0 unspecified atom stereocenters. The van der Waals surface area contributed by atoms with Crippen LogP contribution in [0.2, 0.25) is 0 Å². The molecule has 0 amide bonds. The Kier molecular flexibility index (Phi) is 5.24. The molecule has 0 aromatic carbocycles. The standard InChI is InChI=1S/C7H15IN/c1-5-9-7(3)6(2)8-4/h6,9H,3,5H2,1-2,4H3/q-1/t6-/m0/s1. The minimum atomic E-state index is 0.330. The van der Waals surface area contributed by atoms with Crippen LogP contribution in [0.1, 0.15) is 13.8 Å². The van der Waals surface area contributed by atoms with Gasteiger partial charge in [0.1, 0.15) is 0 Å². The maximum atomic E-state index is 3.93. The monoisotopic (exact) mass is 240 g/mol. The fourth-order valence-electron chi connectivity index (χ4n) is 0.499. The molecule has 1 atom stereocenters. The van der Waals surface area contributed by atoms with Gasteiger partial charge in [-0.05, 0) is 0 Å². The van der Waals surface area contributed by atoms with Gasteiger partial charge in [0.15, 0.2) is 0 Å². The van der Waals surface area contributed by atoms with E-state index >= 15 is 0 Å². The van der Waals surface area contributed by atoms with Crippen molar-refractivity contribution in [2.24, 2.45) is 0 Å². The van der Waals surface area contributed by atoms with Gasteiger partial charge in [0, 0.05) is 0 Å². The van der Waals surface area contributed by atoms with Crippen LogP contribution in [-0.2, 0) is 0 Å². The molecule has 56 valence electrons. The third kappa shape index (κ3) is 3.78. The van der Waals surface area contributed by atoms with Gasteiger partial charge in [-0.2, -0.15) is 0 Å². The molecule has 0 radical (unpaired) electrons. The first-order valence-electron chi connectivity index (χ1n) is 3.13. The molecule has 0 aromatic rings. The molecule has 1 N–H and O–H groups in total. The Balaban J connectivity index is 3.46. The number of hydrogen-bond acceptors (Lipinski definition) is 1. The molecule has 0 aliphatic heterocycles. The first-order valence-corrected chi connectivity index (χ1v) is 6.53. The number of allylic oxidation sites excluding steroid dienone is 1. The zero-order chi connectivity index (χ0) is 7.28. The number of rotatable bonds is 4. The van der Waals surface area contributed by atoms with E-state index in [9.17, 15) is 0 Å². The van der Waals surface area contributed by atoms with Crippen LogP contribution >= 0.6 is 0 Å². The Hall–Kier alpha value is 0.270. The summed E-state index contributed by atoms with van der Waals surface area (Å²) in [5.74, 6) is 0. The van der Waals surface area contributed by atoms with E-state index in [2.05, 4.69) is 30.7 Å². The first kappa shape index (κ1) is 9.27. The Morgan fingerprint density at radius 1 is 1.78 bits per heavy atom. The average Bonchev–Trinajstić information content (AvgIpc) is 1.87. The summed E-state index contributed by atoms with van der Waals surface area (Å²) in [5.41, 5.74) is 1.22. The van der Waals surface area contributed by atoms with Crippen molar-refractivity contribution in [3.63, 3.8) is 0 Å². The third-order valence-corrected chi connectivity index (χ3v) is 3.83. The van der Waals surface area contributed by atoms with E-state index in [0.29, 0.717) is 21.2 Å². The number of hydrogen-bond donors (Lipinski definition) is 1. The van der Waals surface area contributed by atoms with Gasteiger partial charge >= 0.3 is 68.0 Å². The fourth-order valence-corrected chi connectivity index (χ4v) is 1.47. The van der Waals surface area contributed by atoms with Crippen molar-refractivity contribution in [2.75, 3.05) is 11.5 Å². The van der Waals surface area contributed by atoms with Crippen LogP contribution in [0.3, 0.4) is 0 Å². The Morgan fingerprint density at radius 2 is 2.33 bits per heavy atom. The summed E-state index contributed by atoms with van der Waals surface area (Å²) in [5, 5.41) is 3.23. The molecule has 2 heteroatoms. The van der Waals surface area contributed by atoms with Crippen molar-refractivity contribution in [3.05, 3.63) is 12.3 Å². The summed E-state index contributed by atoms with van der Waals surface area (Å²) in [6, 6.07) is 0. The summed E-state index contributed by atoms with van der Waals surface area (Å²) in [4.78, 5) is 2.28. The van der Waals surface area contributed by atoms with E-state index < -0.39 is 0 Å². The quantitative estimate of drug-likeness (QED) is 0.452. The SMILES string of the molecule is C=C(NCC)[C@H](C)[I-]C. The van der Waals surface area contributed by atoms with E-state index in [4.69, 9.17) is 0 Å². The van der Waals surface area contributed by atoms with Gasteiger partial charge < -0.3 is 0 Å². The molecule has 0 heterocycles. The van der Waals surface area contributed by atoms with Crippen LogP contribution in [-0.4, -0.2) is 15.4 Å². The fraction of sp³-hybridized carbons (Fsp3) is 0.714. The van der Waals surface area contributed by atoms with Crippen LogP contribution < -0.4 is 26.5 Å². The molecular formula is C7H15IN-. The second-order valence-electron chi connectivity index (χ2n) is 1.89. The summed E-state index contributed by atoms with van der Waals surface area (Å²) in [6.07, 6.45) is 0. The van der Waals surface area contributed by atoms with Gasteiger partial charge in [-0.15, -0.1) is 0 Å². The molecule has 0 fully saturated rings. The van der Waals surface area contributed by atoms with Gasteiger partial charge in [0.05, 0.1) is 0 Å². The van der Waals surface area contributed by atoms with Crippen LogP contribution in [0.15, 0.2) is 12.3 Å². The van der Waals surface area contributed by atoms with Crippen molar-refractivity contribution < 1.29 is 21.2 Å². The van der Waals surface area contributed by atoms with Crippen molar-refractivity contribution >= 4 is 0 Å². The third-order valence-electron chi connectivity index (χ3n) is 1.21. The predicted molar refractivity (Wildman–Crippen MR) is 38.2 cm³/mol. The second-order valence-corrected chi connectivity index (χ2v) is 5.00. The minimum absolute atomic E-state index is 0.330. The predicted octanol–water partition coefficient (Wildman–Crippen LogP) is -1.78. The number of nitrogens with one attached hydrogen (secondary N) is 1. The molecule has 0 saturated heterocycles. The first-order chi connectivity index (χ1) is 4.22. The van der Waals surface area contributed by atoms with Gasteiger partial charge in [-0.1, -0.05) is 0 Å². The topological polar surface area (TPSA) is 12.0 Å². The molecule has 1 nitrogen and oxygen atoms in total. The van der Waals surface area contributed by atoms with Gasteiger partial charge in [-0.3, -0.25) is 0 Å². The van der Waals surface area contributed by atoms with Crippen LogP contribution in [0.5, 0.6) is 0 Å². The summed E-state index contributed by atoms with van der Waals surface area (Å²) in [6.45, 7) is 9.28. The molecule has 0 aromatic heterocycles. The molecule has 0 bridgehead atoms. The van der Waals surface area contributed by atoms with Gasteiger partial charge in [0.25, 0.3) is 0 Å². The zero-order valence-electron chi connectivity index (χ0n) is 6.37. The van der Waals surface area contributed by atoms with E-state index in [1.807, 2.05) is 0 Å². The zero-order valence-corrected chi connectivity index (χ0v) is 8.53. The normalized spacial score (nSPS) is 13.2. The number of alkyl halides is 2. The van der Waals surface area contributed by atoms with Crippen molar-refractivity contribution in [3.8, 4) is 0 Å². The summed E-state index contributed by atoms with van der Waals surface area (Å²) in [7, 11) is 0. The van der Waals surface area contributed by atoms with Gasteiger partial charge in [0.2, 0.25) is 0 Å². The Labute approximate surface area is 68.2 Å². The molecule has 0 aliphatic carbocycles. The van der Waals surface area contributed by atoms with E-state index in [-0.39, 0.29) is 0 Å². The molecular weight excluding hydrogens is 225 g/mol. The molecule has 0 aliphatic rings. The van der Waals surface area contributed by atoms with Crippen molar-refractivity contribution in [2.45, 2.75) is 17.8 Å². The van der Waals surface area contributed by atoms with E-state index in [0.717, 1.165) is 10.5 Å². The maximum absolute atomic E-state index is 3.93. The van der Waals surface area contributed by atoms with Crippen LogP contribution in [0.25, 0.3) is 0 Å². The second kappa shape index (κ2) is 5.09. The Morgan fingerprint density at radius 3 is 2.67 bits per heavy atom. The summed E-state index contributed by atoms with van der Waals surface area (Å²) < 4.78 is 0.726. The molecule has 0 spiro atoms. The Bertz CT molecular complexity index is 90.9. The van der Waals surface area contributed by atoms with Crippen LogP contribution in [0.4, 0.5) is 0 Å². The molecule has 0 rings (SSSR count). The summed E-state index contributed by atoms with van der Waals surface area (Å²) >= 11 is 0.330. The molecule has 9 heavy (non-hydrogen) atoms. The van der Waals surface area contributed by atoms with Crippen molar-refractivity contribution in [1.82, 2.24) is 5.32 Å². The van der Waals surface area contributed by atoms with Crippen LogP contribution in [0, 0.1) is 0 Å². The number of halogens is 1. The molecule has 0 saturated carbocycles. The average molecular weight is 240 g/mol. The van der Waals surface area contributed by atoms with Crippen molar-refractivity contribution in [1.29, 1.82) is 0 Å². The van der Waals surface area contributed by atoms with E-state index in [1.165, 1.54) is 5.70 Å². The van der Waals surface area contributed by atoms with E-state index in [1.54, 1.807) is 0 Å².